The predicted molar refractivity (Wildman–Crippen MR) is 92.6 cm³/mol. The van der Waals surface area contributed by atoms with Crippen LogP contribution in [0.1, 0.15) is 54.6 Å². The van der Waals surface area contributed by atoms with Gasteiger partial charge in [-0.05, 0) is 37.1 Å². The van der Waals surface area contributed by atoms with Crippen molar-refractivity contribution in [2.24, 2.45) is 5.92 Å². The second-order valence-corrected chi connectivity index (χ2v) is 7.70. The topological polar surface area (TPSA) is 40.6 Å². The molecule has 2 heterocycles. The number of carbonyl (C=O) groups is 2. The van der Waals surface area contributed by atoms with E-state index >= 15 is 0 Å². The fraction of sp³-hybridized carbons (Fsp3) is 0.667. The molecule has 0 aromatic carbocycles. The molecule has 2 fully saturated rings. The zero-order valence-corrected chi connectivity index (χ0v) is 14.7. The molecular weight excluding hydrogens is 308 g/mol. The van der Waals surface area contributed by atoms with E-state index in [0.29, 0.717) is 0 Å². The summed E-state index contributed by atoms with van der Waals surface area (Å²) in [6.07, 6.45) is 7.30. The number of hydrogen-bond donors (Lipinski definition) is 0. The molecule has 1 aromatic rings. The molecule has 3 rings (SSSR count). The fourth-order valence-corrected chi connectivity index (χ4v) is 4.62. The Morgan fingerprint density at radius 2 is 1.91 bits per heavy atom. The summed E-state index contributed by atoms with van der Waals surface area (Å²) in [5.41, 5.74) is 0. The lowest BCUT2D eigenvalue weighted by Gasteiger charge is -2.33. The van der Waals surface area contributed by atoms with Crippen LogP contribution in [0.3, 0.4) is 0 Å². The van der Waals surface area contributed by atoms with Crippen LogP contribution in [0.15, 0.2) is 17.5 Å². The van der Waals surface area contributed by atoms with Gasteiger partial charge in [-0.3, -0.25) is 9.59 Å². The second-order valence-electron chi connectivity index (χ2n) is 6.75. The molecular formula is C18H26N2O2S. The molecule has 0 bridgehead atoms. The third-order valence-electron chi connectivity index (χ3n) is 5.21. The standard InChI is InChI=1S/C18H26N2O2S/c1-19-11-4-2-3-5-12-20(18(22)16-10-7-13-23-16)15-9-6-8-14(15)17(19)21/h7,10,13-15H,2-6,8-9,11-12H2,1H3/t14-,15+/m1/s1. The molecule has 126 valence electrons. The molecule has 1 saturated carbocycles. The number of fused-ring (bicyclic) bond motifs is 1. The lowest BCUT2D eigenvalue weighted by atomic mass is 9.99. The SMILES string of the molecule is CN1CCCCCCN(C(=O)c2cccs2)[C@H]2CCC[C@H]2C1=O. The van der Waals surface area contributed by atoms with Gasteiger partial charge in [0.2, 0.25) is 5.91 Å². The van der Waals surface area contributed by atoms with Gasteiger partial charge in [0.25, 0.3) is 5.91 Å². The highest BCUT2D eigenvalue weighted by molar-refractivity contribution is 7.12. The highest BCUT2D eigenvalue weighted by Gasteiger charge is 2.40. The Morgan fingerprint density at radius 3 is 2.65 bits per heavy atom. The summed E-state index contributed by atoms with van der Waals surface area (Å²) in [5.74, 6) is 0.340. The van der Waals surface area contributed by atoms with Gasteiger partial charge in [0.1, 0.15) is 0 Å². The first-order valence-electron chi connectivity index (χ1n) is 8.78. The normalized spacial score (nSPS) is 26.7. The van der Waals surface area contributed by atoms with Crippen LogP contribution < -0.4 is 0 Å². The van der Waals surface area contributed by atoms with Crippen LogP contribution in [0.2, 0.25) is 0 Å². The van der Waals surface area contributed by atoms with E-state index in [9.17, 15) is 9.59 Å². The van der Waals surface area contributed by atoms with Crippen molar-refractivity contribution in [3.8, 4) is 0 Å². The summed E-state index contributed by atoms with van der Waals surface area (Å²) in [6, 6.07) is 3.91. The molecule has 0 spiro atoms. The summed E-state index contributed by atoms with van der Waals surface area (Å²) in [4.78, 5) is 30.5. The Labute approximate surface area is 142 Å². The largest absolute Gasteiger partial charge is 0.345 e. The van der Waals surface area contributed by atoms with E-state index in [1.54, 1.807) is 0 Å². The van der Waals surface area contributed by atoms with Gasteiger partial charge in [-0.25, -0.2) is 0 Å². The molecule has 1 aliphatic heterocycles. The highest BCUT2D eigenvalue weighted by Crippen LogP contribution is 2.33. The van der Waals surface area contributed by atoms with E-state index in [-0.39, 0.29) is 23.8 Å². The number of nitrogens with zero attached hydrogens (tertiary/aromatic N) is 2. The van der Waals surface area contributed by atoms with Crippen molar-refractivity contribution < 1.29 is 9.59 Å². The summed E-state index contributed by atoms with van der Waals surface area (Å²) in [7, 11) is 1.92. The zero-order chi connectivity index (χ0) is 16.2. The molecule has 0 radical (unpaired) electrons. The monoisotopic (exact) mass is 334 g/mol. The predicted octanol–water partition coefficient (Wildman–Crippen LogP) is 3.39. The summed E-state index contributed by atoms with van der Waals surface area (Å²) in [6.45, 7) is 1.63. The first-order valence-corrected chi connectivity index (χ1v) is 9.66. The number of thiophene rings is 1. The Kier molecular flexibility index (Phi) is 5.36. The van der Waals surface area contributed by atoms with Crippen LogP contribution >= 0.6 is 11.3 Å². The van der Waals surface area contributed by atoms with Crippen molar-refractivity contribution in [2.75, 3.05) is 20.1 Å². The molecule has 23 heavy (non-hydrogen) atoms. The third-order valence-corrected chi connectivity index (χ3v) is 6.07. The van der Waals surface area contributed by atoms with E-state index < -0.39 is 0 Å². The Morgan fingerprint density at radius 1 is 1.13 bits per heavy atom. The van der Waals surface area contributed by atoms with Crippen molar-refractivity contribution in [3.05, 3.63) is 22.4 Å². The minimum Gasteiger partial charge on any atom is -0.345 e. The number of hydrogen-bond acceptors (Lipinski definition) is 3. The lowest BCUT2D eigenvalue weighted by Crippen LogP contribution is -2.47. The molecule has 1 saturated heterocycles. The number of carbonyl (C=O) groups excluding carboxylic acids is 2. The molecule has 5 heteroatoms. The minimum atomic E-state index is -0.0120. The maximum atomic E-state index is 13.0. The van der Waals surface area contributed by atoms with Crippen molar-refractivity contribution >= 4 is 23.2 Å². The van der Waals surface area contributed by atoms with Gasteiger partial charge in [0.15, 0.2) is 0 Å². The quantitative estimate of drug-likeness (QED) is 0.790. The molecule has 0 N–H and O–H groups in total. The average Bonchev–Trinajstić information content (AvgIpc) is 3.23. The van der Waals surface area contributed by atoms with E-state index in [2.05, 4.69) is 0 Å². The Balaban J connectivity index is 1.85. The number of amides is 2. The summed E-state index contributed by atoms with van der Waals surface area (Å²) < 4.78 is 0. The minimum absolute atomic E-state index is 0.0120. The van der Waals surface area contributed by atoms with Crippen LogP contribution in [0.4, 0.5) is 0 Å². The van der Waals surface area contributed by atoms with Gasteiger partial charge in [0, 0.05) is 26.2 Å². The molecule has 4 nitrogen and oxygen atoms in total. The zero-order valence-electron chi connectivity index (χ0n) is 13.9. The smallest absolute Gasteiger partial charge is 0.264 e. The van der Waals surface area contributed by atoms with Gasteiger partial charge in [-0.1, -0.05) is 25.3 Å². The van der Waals surface area contributed by atoms with Crippen LogP contribution in [-0.2, 0) is 4.79 Å². The van der Waals surface area contributed by atoms with E-state index in [0.717, 1.165) is 62.9 Å². The molecule has 2 aliphatic rings. The van der Waals surface area contributed by atoms with Gasteiger partial charge >= 0.3 is 0 Å². The first-order chi connectivity index (χ1) is 11.2. The van der Waals surface area contributed by atoms with Gasteiger partial charge in [0.05, 0.1) is 10.8 Å². The average molecular weight is 334 g/mol. The maximum Gasteiger partial charge on any atom is 0.264 e. The van der Waals surface area contributed by atoms with Crippen LogP contribution in [0, 0.1) is 5.92 Å². The van der Waals surface area contributed by atoms with Crippen molar-refractivity contribution in [1.82, 2.24) is 9.80 Å². The Bertz CT molecular complexity index is 543. The van der Waals surface area contributed by atoms with E-state index in [1.165, 1.54) is 11.3 Å². The first kappa shape index (κ1) is 16.5. The summed E-state index contributed by atoms with van der Waals surface area (Å²) >= 11 is 1.50. The second kappa shape index (κ2) is 7.47. The molecule has 1 aromatic heterocycles. The van der Waals surface area contributed by atoms with Crippen LogP contribution in [-0.4, -0.2) is 47.8 Å². The van der Waals surface area contributed by atoms with Crippen molar-refractivity contribution in [1.29, 1.82) is 0 Å². The number of rotatable bonds is 1. The third kappa shape index (κ3) is 3.60. The van der Waals surface area contributed by atoms with Crippen molar-refractivity contribution in [3.63, 3.8) is 0 Å². The van der Waals surface area contributed by atoms with Crippen LogP contribution in [0.5, 0.6) is 0 Å². The molecule has 2 atom stereocenters. The molecule has 2 amide bonds. The highest BCUT2D eigenvalue weighted by atomic mass is 32.1. The fourth-order valence-electron chi connectivity index (χ4n) is 3.94. The molecule has 0 unspecified atom stereocenters. The van der Waals surface area contributed by atoms with E-state index in [1.807, 2.05) is 34.4 Å². The van der Waals surface area contributed by atoms with Crippen molar-refractivity contribution in [2.45, 2.75) is 51.0 Å². The molecule has 1 aliphatic carbocycles. The maximum absolute atomic E-state index is 13.0. The Hall–Kier alpha value is -1.36. The lowest BCUT2D eigenvalue weighted by molar-refractivity contribution is -0.135. The van der Waals surface area contributed by atoms with Gasteiger partial charge in [-0.2, -0.15) is 0 Å². The van der Waals surface area contributed by atoms with E-state index in [4.69, 9.17) is 0 Å². The summed E-state index contributed by atoms with van der Waals surface area (Å²) in [5, 5.41) is 1.95. The van der Waals surface area contributed by atoms with Gasteiger partial charge < -0.3 is 9.80 Å². The van der Waals surface area contributed by atoms with Crippen LogP contribution in [0.25, 0.3) is 0 Å². The van der Waals surface area contributed by atoms with Gasteiger partial charge in [-0.15, -0.1) is 11.3 Å².